The van der Waals surface area contributed by atoms with Gasteiger partial charge in [0.25, 0.3) is 11.5 Å². The maximum Gasteiger partial charge on any atom is 0.332 e. The number of hydrogen-bond donors (Lipinski definition) is 0. The molecule has 2 aromatic heterocycles. The molecular weight excluding hydrogens is 410 g/mol. The Hall–Kier alpha value is -3.30. The van der Waals surface area contributed by atoms with Crippen molar-refractivity contribution in [1.29, 1.82) is 0 Å². The largest absolute Gasteiger partial charge is 0.373 e. The van der Waals surface area contributed by atoms with Crippen molar-refractivity contribution in [3.05, 3.63) is 74.6 Å². The van der Waals surface area contributed by atoms with E-state index in [0.29, 0.717) is 25.3 Å². The fourth-order valence-corrected chi connectivity index (χ4v) is 4.70. The van der Waals surface area contributed by atoms with Crippen LogP contribution in [-0.4, -0.2) is 68.2 Å². The lowest BCUT2D eigenvalue weighted by atomic mass is 10.1. The highest BCUT2D eigenvalue weighted by Crippen LogP contribution is 2.26. The minimum Gasteiger partial charge on any atom is -0.373 e. The van der Waals surface area contributed by atoms with Crippen molar-refractivity contribution >= 4 is 16.9 Å². The highest BCUT2D eigenvalue weighted by Gasteiger charge is 2.42. The van der Waals surface area contributed by atoms with Gasteiger partial charge in [-0.25, -0.2) is 9.78 Å². The Kier molecular flexibility index (Phi) is 5.15. The number of aryl methyl sites for hydroxylation is 1. The number of nitrogens with zero attached hydrogens (tertiary/aromatic N) is 5. The molecule has 5 rings (SSSR count). The van der Waals surface area contributed by atoms with E-state index < -0.39 is 11.2 Å². The van der Waals surface area contributed by atoms with E-state index in [1.54, 1.807) is 11.9 Å². The Morgan fingerprint density at radius 1 is 1.12 bits per heavy atom. The smallest absolute Gasteiger partial charge is 0.332 e. The predicted octanol–water partition coefficient (Wildman–Crippen LogP) is 0.358. The number of likely N-dealkylation sites (tertiary alicyclic amines) is 1. The van der Waals surface area contributed by atoms with Crippen LogP contribution in [0.1, 0.15) is 15.9 Å². The van der Waals surface area contributed by atoms with Crippen LogP contribution < -0.4 is 11.2 Å². The van der Waals surface area contributed by atoms with E-state index in [0.717, 1.165) is 17.7 Å². The van der Waals surface area contributed by atoms with Crippen molar-refractivity contribution in [2.45, 2.75) is 18.7 Å². The molecule has 2 atom stereocenters. The Morgan fingerprint density at radius 2 is 1.91 bits per heavy atom. The highest BCUT2D eigenvalue weighted by atomic mass is 16.5. The third kappa shape index (κ3) is 3.43. The molecule has 1 amide bonds. The fraction of sp³-hybridized carbons (Fsp3) is 0.391. The van der Waals surface area contributed by atoms with Gasteiger partial charge in [-0.05, 0) is 11.6 Å². The predicted molar refractivity (Wildman–Crippen MR) is 119 cm³/mol. The number of fused-ring (bicyclic) bond motifs is 2. The fourth-order valence-electron chi connectivity index (χ4n) is 4.70. The van der Waals surface area contributed by atoms with Crippen LogP contribution in [0.2, 0.25) is 0 Å². The Morgan fingerprint density at radius 3 is 2.69 bits per heavy atom. The van der Waals surface area contributed by atoms with Crippen molar-refractivity contribution in [3.8, 4) is 0 Å². The van der Waals surface area contributed by atoms with Crippen molar-refractivity contribution in [2.75, 3.05) is 26.2 Å². The van der Waals surface area contributed by atoms with Crippen LogP contribution >= 0.6 is 0 Å². The number of pyridine rings is 1. The summed E-state index contributed by atoms with van der Waals surface area (Å²) in [5, 5.41) is 0.249. The molecule has 0 radical (unpaired) electrons. The van der Waals surface area contributed by atoms with E-state index in [4.69, 9.17) is 4.74 Å². The van der Waals surface area contributed by atoms with Crippen LogP contribution in [0.4, 0.5) is 0 Å². The summed E-state index contributed by atoms with van der Waals surface area (Å²) in [4.78, 5) is 46.4. The Balaban J connectivity index is 1.40. The summed E-state index contributed by atoms with van der Waals surface area (Å²) in [5.74, 6) is -0.187. The van der Waals surface area contributed by atoms with E-state index >= 15 is 0 Å². The van der Waals surface area contributed by atoms with E-state index in [2.05, 4.69) is 22.0 Å². The molecule has 9 nitrogen and oxygen atoms in total. The van der Waals surface area contributed by atoms with Crippen LogP contribution in [-0.2, 0) is 25.4 Å². The van der Waals surface area contributed by atoms with Gasteiger partial charge < -0.3 is 9.64 Å². The van der Waals surface area contributed by atoms with Gasteiger partial charge in [0, 0.05) is 46.5 Å². The second-order valence-electron chi connectivity index (χ2n) is 8.44. The SMILES string of the molecule is Cn1c(=O)c2cc(C(=O)N3C[C@@H]4OCCN(Cc5ccccc5)[C@@H]4C3)cnc2n(C)c1=O. The molecule has 1 aromatic carbocycles. The summed E-state index contributed by atoms with van der Waals surface area (Å²) in [6.07, 6.45) is 1.40. The lowest BCUT2D eigenvalue weighted by Crippen LogP contribution is -2.50. The maximum atomic E-state index is 13.3. The third-order valence-electron chi connectivity index (χ3n) is 6.47. The van der Waals surface area contributed by atoms with Gasteiger partial charge in [-0.1, -0.05) is 30.3 Å². The number of benzene rings is 1. The lowest BCUT2D eigenvalue weighted by Gasteiger charge is -2.36. The molecule has 2 fully saturated rings. The molecule has 0 saturated carbocycles. The van der Waals surface area contributed by atoms with Crippen LogP contribution in [0.25, 0.3) is 11.0 Å². The van der Waals surface area contributed by atoms with Gasteiger partial charge in [0.1, 0.15) is 5.65 Å². The van der Waals surface area contributed by atoms with E-state index in [-0.39, 0.29) is 29.1 Å². The topological polar surface area (TPSA) is 89.7 Å². The summed E-state index contributed by atoms with van der Waals surface area (Å²) in [7, 11) is 2.98. The summed E-state index contributed by atoms with van der Waals surface area (Å²) in [6, 6.07) is 11.9. The number of morpholine rings is 1. The van der Waals surface area contributed by atoms with Crippen molar-refractivity contribution in [3.63, 3.8) is 0 Å². The number of aromatic nitrogens is 3. The average molecular weight is 435 g/mol. The minimum absolute atomic E-state index is 0.0430. The molecule has 9 heteroatoms. The molecule has 2 saturated heterocycles. The number of amides is 1. The molecule has 0 bridgehead atoms. The van der Waals surface area contributed by atoms with Crippen molar-refractivity contribution in [2.24, 2.45) is 14.1 Å². The first-order valence-corrected chi connectivity index (χ1v) is 10.7. The molecule has 0 N–H and O–H groups in total. The van der Waals surface area contributed by atoms with Crippen molar-refractivity contribution in [1.82, 2.24) is 23.9 Å². The molecule has 2 aliphatic heterocycles. The monoisotopic (exact) mass is 435 g/mol. The summed E-state index contributed by atoms with van der Waals surface area (Å²) < 4.78 is 8.31. The average Bonchev–Trinajstić information content (AvgIpc) is 3.26. The zero-order valence-electron chi connectivity index (χ0n) is 18.1. The second-order valence-corrected chi connectivity index (χ2v) is 8.44. The molecule has 32 heavy (non-hydrogen) atoms. The lowest BCUT2D eigenvalue weighted by molar-refractivity contribution is -0.0503. The summed E-state index contributed by atoms with van der Waals surface area (Å²) in [6.45, 7) is 3.32. The van der Waals surface area contributed by atoms with Crippen LogP contribution in [0.3, 0.4) is 0 Å². The number of carbonyl (C=O) groups is 1. The molecule has 4 heterocycles. The number of carbonyl (C=O) groups excluding carboxylic acids is 1. The standard InChI is InChI=1S/C23H25N5O4/c1-25-20-17(22(30)26(2)23(25)31)10-16(11-24-20)21(29)28-13-18-19(14-28)32-9-8-27(18)12-15-6-4-3-5-7-15/h3-7,10-11,18-19H,8-9,12-14H2,1-2H3/t18-,19+/m1/s1. The number of hydrogen-bond acceptors (Lipinski definition) is 6. The van der Waals surface area contributed by atoms with Gasteiger partial charge in [0.2, 0.25) is 0 Å². The van der Waals surface area contributed by atoms with Crippen LogP contribution in [0, 0.1) is 0 Å². The van der Waals surface area contributed by atoms with Crippen molar-refractivity contribution < 1.29 is 9.53 Å². The van der Waals surface area contributed by atoms with Crippen LogP contribution in [0.15, 0.2) is 52.2 Å². The molecule has 0 spiro atoms. The number of rotatable bonds is 3. The van der Waals surface area contributed by atoms with Gasteiger partial charge in [0.05, 0.1) is 29.7 Å². The Labute approximate surface area is 184 Å². The third-order valence-corrected chi connectivity index (χ3v) is 6.47. The first-order chi connectivity index (χ1) is 15.4. The molecule has 2 aliphatic rings. The first kappa shape index (κ1) is 20.6. The maximum absolute atomic E-state index is 13.3. The highest BCUT2D eigenvalue weighted by molar-refractivity contribution is 5.97. The van der Waals surface area contributed by atoms with E-state index in [1.807, 2.05) is 18.2 Å². The molecule has 166 valence electrons. The number of ether oxygens (including phenoxy) is 1. The minimum atomic E-state index is -0.460. The zero-order chi connectivity index (χ0) is 22.4. The van der Waals surface area contributed by atoms with Gasteiger partial charge >= 0.3 is 5.69 Å². The summed E-state index contributed by atoms with van der Waals surface area (Å²) in [5.41, 5.74) is 0.924. The molecule has 3 aromatic rings. The van der Waals surface area contributed by atoms with Crippen LogP contribution in [0.5, 0.6) is 0 Å². The molecular formula is C23H25N5O4. The van der Waals surface area contributed by atoms with Gasteiger partial charge in [-0.15, -0.1) is 0 Å². The first-order valence-electron chi connectivity index (χ1n) is 10.7. The van der Waals surface area contributed by atoms with E-state index in [1.165, 1.54) is 29.4 Å². The quantitative estimate of drug-likeness (QED) is 0.590. The zero-order valence-corrected chi connectivity index (χ0v) is 18.1. The van der Waals surface area contributed by atoms with Gasteiger partial charge in [0.15, 0.2) is 0 Å². The summed E-state index contributed by atoms with van der Waals surface area (Å²) >= 11 is 0. The Bertz CT molecular complexity index is 1300. The molecule has 0 unspecified atom stereocenters. The normalized spacial score (nSPS) is 21.1. The van der Waals surface area contributed by atoms with Gasteiger partial charge in [-0.2, -0.15) is 0 Å². The van der Waals surface area contributed by atoms with Gasteiger partial charge in [-0.3, -0.25) is 23.6 Å². The second kappa shape index (κ2) is 7.99. The van der Waals surface area contributed by atoms with E-state index in [9.17, 15) is 14.4 Å². The molecule has 0 aliphatic carbocycles.